The van der Waals surface area contributed by atoms with E-state index >= 15 is 0 Å². The van der Waals surface area contributed by atoms with Gasteiger partial charge in [-0.25, -0.2) is 0 Å². The number of hydrogen-bond donors (Lipinski definition) is 1. The largest absolute Gasteiger partial charge is 0.502 e. The Labute approximate surface area is 81.0 Å². The molecule has 1 N–H and O–H groups in total. The molecular formula is C6H3BrClNO3. The van der Waals surface area contributed by atoms with Crippen molar-refractivity contribution < 1.29 is 10.0 Å². The monoisotopic (exact) mass is 251 g/mol. The van der Waals surface area contributed by atoms with Gasteiger partial charge < -0.3 is 5.11 Å². The van der Waals surface area contributed by atoms with E-state index in [1.54, 1.807) is 0 Å². The van der Waals surface area contributed by atoms with Crippen LogP contribution in [0.1, 0.15) is 0 Å². The van der Waals surface area contributed by atoms with Gasteiger partial charge in [0, 0.05) is 0 Å². The highest BCUT2D eigenvalue weighted by atomic mass is 79.9. The quantitative estimate of drug-likeness (QED) is 0.617. The van der Waals surface area contributed by atoms with E-state index in [1.807, 2.05) is 0 Å². The predicted octanol–water partition coefficient (Wildman–Crippen LogP) is 2.72. The van der Waals surface area contributed by atoms with Crippen molar-refractivity contribution in [3.63, 3.8) is 0 Å². The Kier molecular flexibility index (Phi) is 2.54. The van der Waals surface area contributed by atoms with Gasteiger partial charge >= 0.3 is 5.69 Å². The molecule has 0 saturated heterocycles. The third-order valence-electron chi connectivity index (χ3n) is 1.23. The van der Waals surface area contributed by atoms with Crippen LogP contribution in [0.5, 0.6) is 5.75 Å². The molecule has 0 amide bonds. The number of nitro groups is 1. The van der Waals surface area contributed by atoms with Gasteiger partial charge in [-0.1, -0.05) is 11.6 Å². The molecule has 0 fully saturated rings. The van der Waals surface area contributed by atoms with Gasteiger partial charge in [-0.05, 0) is 28.1 Å². The number of hydrogen-bond acceptors (Lipinski definition) is 3. The maximum atomic E-state index is 10.4. The van der Waals surface area contributed by atoms with E-state index < -0.39 is 16.4 Å². The second-order valence-electron chi connectivity index (χ2n) is 1.99. The molecular weight excluding hydrogens is 249 g/mol. The Morgan fingerprint density at radius 3 is 2.58 bits per heavy atom. The van der Waals surface area contributed by atoms with E-state index in [2.05, 4.69) is 15.9 Å². The van der Waals surface area contributed by atoms with Crippen molar-refractivity contribution >= 4 is 33.2 Å². The van der Waals surface area contributed by atoms with Crippen molar-refractivity contribution in [1.29, 1.82) is 0 Å². The Morgan fingerprint density at radius 1 is 1.58 bits per heavy atom. The van der Waals surface area contributed by atoms with Crippen LogP contribution in [-0.4, -0.2) is 10.0 Å². The summed E-state index contributed by atoms with van der Waals surface area (Å²) in [5, 5.41) is 19.6. The average molecular weight is 252 g/mol. The zero-order chi connectivity index (χ0) is 9.30. The molecule has 1 aromatic carbocycles. The lowest BCUT2D eigenvalue weighted by Gasteiger charge is -1.99. The highest BCUT2D eigenvalue weighted by Crippen LogP contribution is 2.38. The molecule has 0 atom stereocenters. The number of phenolic OH excluding ortho intramolecular Hbond substituents is 1. The minimum absolute atomic E-state index is 0.0918. The van der Waals surface area contributed by atoms with E-state index in [4.69, 9.17) is 16.7 Å². The van der Waals surface area contributed by atoms with Crippen LogP contribution in [0.15, 0.2) is 16.6 Å². The molecule has 0 unspecified atom stereocenters. The molecule has 0 aliphatic rings. The molecule has 12 heavy (non-hydrogen) atoms. The maximum absolute atomic E-state index is 10.4. The van der Waals surface area contributed by atoms with Crippen molar-refractivity contribution in [3.05, 3.63) is 31.7 Å². The third kappa shape index (κ3) is 1.51. The number of halogens is 2. The van der Waals surface area contributed by atoms with Crippen molar-refractivity contribution in [2.24, 2.45) is 0 Å². The fourth-order valence-electron chi connectivity index (χ4n) is 0.703. The average Bonchev–Trinajstić information content (AvgIpc) is 1.97. The summed E-state index contributed by atoms with van der Waals surface area (Å²) in [6.07, 6.45) is 0. The summed E-state index contributed by atoms with van der Waals surface area (Å²) in [6.45, 7) is 0. The van der Waals surface area contributed by atoms with Crippen LogP contribution in [0.25, 0.3) is 0 Å². The molecule has 0 bridgehead atoms. The van der Waals surface area contributed by atoms with Crippen LogP contribution >= 0.6 is 27.5 Å². The van der Waals surface area contributed by atoms with Gasteiger partial charge in [0.1, 0.15) is 4.47 Å². The van der Waals surface area contributed by atoms with Gasteiger partial charge in [-0.2, -0.15) is 0 Å². The number of nitrogens with zero attached hydrogens (tertiary/aromatic N) is 1. The number of rotatable bonds is 1. The number of phenols is 1. The van der Waals surface area contributed by atoms with Crippen LogP contribution in [0.4, 0.5) is 5.69 Å². The topological polar surface area (TPSA) is 63.4 Å². The Balaban J connectivity index is 3.43. The molecule has 4 nitrogen and oxygen atoms in total. The summed E-state index contributed by atoms with van der Waals surface area (Å²) >= 11 is 8.47. The first-order chi connectivity index (χ1) is 5.54. The standard InChI is InChI=1S/C6H3BrClNO3/c7-5-3(8)1-2-4(10)6(5)9(11)12/h1-2,10H. The van der Waals surface area contributed by atoms with Crippen LogP contribution in [0.2, 0.25) is 5.02 Å². The lowest BCUT2D eigenvalue weighted by molar-refractivity contribution is -0.386. The van der Waals surface area contributed by atoms with E-state index in [-0.39, 0.29) is 9.50 Å². The van der Waals surface area contributed by atoms with Crippen LogP contribution < -0.4 is 0 Å². The molecule has 0 aliphatic carbocycles. The van der Waals surface area contributed by atoms with E-state index in [0.717, 1.165) is 0 Å². The molecule has 0 aliphatic heterocycles. The van der Waals surface area contributed by atoms with Gasteiger partial charge in [-0.3, -0.25) is 10.1 Å². The van der Waals surface area contributed by atoms with Crippen LogP contribution in [0, 0.1) is 10.1 Å². The molecule has 0 saturated carbocycles. The Morgan fingerprint density at radius 2 is 2.17 bits per heavy atom. The summed E-state index contributed by atoms with van der Waals surface area (Å²) in [7, 11) is 0. The molecule has 1 rings (SSSR count). The normalized spacial score (nSPS) is 9.83. The highest BCUT2D eigenvalue weighted by Gasteiger charge is 2.20. The first-order valence-corrected chi connectivity index (χ1v) is 4.02. The summed E-state index contributed by atoms with van der Waals surface area (Å²) in [5.74, 6) is -0.406. The van der Waals surface area contributed by atoms with Crippen LogP contribution in [-0.2, 0) is 0 Å². The molecule has 0 aromatic heterocycles. The molecule has 0 heterocycles. The van der Waals surface area contributed by atoms with Crippen molar-refractivity contribution in [1.82, 2.24) is 0 Å². The molecule has 0 spiro atoms. The predicted molar refractivity (Wildman–Crippen MR) is 47.5 cm³/mol. The zero-order valence-electron chi connectivity index (χ0n) is 5.62. The SMILES string of the molecule is O=[N+]([O-])c1c(O)ccc(Cl)c1Br. The lowest BCUT2D eigenvalue weighted by Crippen LogP contribution is -1.90. The number of aromatic hydroxyl groups is 1. The Bertz CT molecular complexity index is 342. The first kappa shape index (κ1) is 9.28. The minimum Gasteiger partial charge on any atom is -0.502 e. The fourth-order valence-corrected chi connectivity index (χ4v) is 1.34. The van der Waals surface area contributed by atoms with Crippen molar-refractivity contribution in [2.45, 2.75) is 0 Å². The van der Waals surface area contributed by atoms with Gasteiger partial charge in [0.25, 0.3) is 0 Å². The summed E-state index contributed by atoms with van der Waals surface area (Å²) in [4.78, 5) is 9.65. The van der Waals surface area contributed by atoms with E-state index in [1.165, 1.54) is 12.1 Å². The third-order valence-corrected chi connectivity index (χ3v) is 2.58. The van der Waals surface area contributed by atoms with Gasteiger partial charge in [-0.15, -0.1) is 0 Å². The van der Waals surface area contributed by atoms with E-state index in [0.29, 0.717) is 0 Å². The minimum atomic E-state index is -0.703. The highest BCUT2D eigenvalue weighted by molar-refractivity contribution is 9.10. The van der Waals surface area contributed by atoms with Crippen LogP contribution in [0.3, 0.4) is 0 Å². The number of nitro benzene ring substituents is 1. The molecule has 1 aromatic rings. The van der Waals surface area contributed by atoms with Crippen molar-refractivity contribution in [3.8, 4) is 5.75 Å². The summed E-state index contributed by atoms with van der Waals surface area (Å²) in [6, 6.07) is 2.54. The first-order valence-electron chi connectivity index (χ1n) is 2.85. The lowest BCUT2D eigenvalue weighted by atomic mass is 10.3. The zero-order valence-corrected chi connectivity index (χ0v) is 7.96. The summed E-state index contributed by atoms with van der Waals surface area (Å²) < 4.78 is 0.0918. The van der Waals surface area contributed by atoms with E-state index in [9.17, 15) is 10.1 Å². The fraction of sp³-hybridized carbons (Fsp3) is 0. The smallest absolute Gasteiger partial charge is 0.326 e. The second-order valence-corrected chi connectivity index (χ2v) is 3.19. The van der Waals surface area contributed by atoms with Crippen molar-refractivity contribution in [2.75, 3.05) is 0 Å². The number of benzene rings is 1. The molecule has 6 heteroatoms. The van der Waals surface area contributed by atoms with Gasteiger partial charge in [0.15, 0.2) is 5.75 Å². The second kappa shape index (κ2) is 3.28. The summed E-state index contributed by atoms with van der Waals surface area (Å²) in [5.41, 5.74) is -0.414. The Hall–Kier alpha value is -0.810. The maximum Gasteiger partial charge on any atom is 0.326 e. The molecule has 0 radical (unpaired) electrons. The van der Waals surface area contributed by atoms with Gasteiger partial charge in [0.05, 0.1) is 9.95 Å². The molecule has 64 valence electrons. The van der Waals surface area contributed by atoms with Gasteiger partial charge in [0.2, 0.25) is 0 Å².